The number of rotatable bonds is 4. The van der Waals surface area contributed by atoms with E-state index in [0.29, 0.717) is 12.5 Å². The molecule has 3 rings (SSSR count). The molecular weight excluding hydrogens is 238 g/mol. The average molecular weight is 261 g/mol. The molecule has 1 heterocycles. The van der Waals surface area contributed by atoms with Gasteiger partial charge in [0.15, 0.2) is 0 Å². The molecule has 1 aliphatic carbocycles. The molecule has 1 aliphatic heterocycles. The number of ether oxygens (including phenoxy) is 2. The van der Waals surface area contributed by atoms with Crippen molar-refractivity contribution in [1.29, 1.82) is 0 Å². The van der Waals surface area contributed by atoms with E-state index in [1.807, 2.05) is 12.1 Å². The standard InChI is InChI=1S/C16H23NO2/c1-12-6-7-16(8-12,11-17)19-10-13-9-18-15-5-3-2-4-14(13)15/h2-5,12-13H,6-11,17H2,1H3. The first-order valence-electron chi connectivity index (χ1n) is 7.28. The second-order valence-corrected chi connectivity index (χ2v) is 6.09. The summed E-state index contributed by atoms with van der Waals surface area (Å²) in [6.45, 7) is 4.37. The van der Waals surface area contributed by atoms with E-state index in [4.69, 9.17) is 15.2 Å². The first-order chi connectivity index (χ1) is 9.22. The van der Waals surface area contributed by atoms with E-state index in [-0.39, 0.29) is 5.60 Å². The van der Waals surface area contributed by atoms with Gasteiger partial charge in [0.25, 0.3) is 0 Å². The van der Waals surface area contributed by atoms with E-state index in [1.54, 1.807) is 0 Å². The second kappa shape index (κ2) is 5.14. The summed E-state index contributed by atoms with van der Waals surface area (Å²) in [6, 6.07) is 8.26. The van der Waals surface area contributed by atoms with Crippen molar-refractivity contribution in [3.63, 3.8) is 0 Å². The Balaban J connectivity index is 1.64. The van der Waals surface area contributed by atoms with Gasteiger partial charge in [-0.25, -0.2) is 0 Å². The zero-order valence-electron chi connectivity index (χ0n) is 11.6. The Hall–Kier alpha value is -1.06. The van der Waals surface area contributed by atoms with E-state index in [1.165, 1.54) is 12.0 Å². The Bertz CT molecular complexity index is 448. The summed E-state index contributed by atoms with van der Waals surface area (Å²) in [5.74, 6) is 2.10. The van der Waals surface area contributed by atoms with Crippen LogP contribution in [0.15, 0.2) is 24.3 Å². The van der Waals surface area contributed by atoms with Crippen molar-refractivity contribution in [3.8, 4) is 5.75 Å². The van der Waals surface area contributed by atoms with Gasteiger partial charge in [0.1, 0.15) is 5.75 Å². The molecule has 3 atom stereocenters. The van der Waals surface area contributed by atoms with E-state index >= 15 is 0 Å². The maximum absolute atomic E-state index is 6.25. The highest BCUT2D eigenvalue weighted by Crippen LogP contribution is 2.39. The first-order valence-corrected chi connectivity index (χ1v) is 7.28. The molecule has 1 aromatic rings. The minimum atomic E-state index is -0.0864. The van der Waals surface area contributed by atoms with Gasteiger partial charge in [-0.2, -0.15) is 0 Å². The van der Waals surface area contributed by atoms with Crippen molar-refractivity contribution in [1.82, 2.24) is 0 Å². The summed E-state index contributed by atoms with van der Waals surface area (Å²) in [5, 5.41) is 0. The monoisotopic (exact) mass is 261 g/mol. The Labute approximate surface area is 115 Å². The highest BCUT2D eigenvalue weighted by Gasteiger charge is 2.38. The van der Waals surface area contributed by atoms with Crippen LogP contribution in [0.1, 0.15) is 37.7 Å². The van der Waals surface area contributed by atoms with Crippen LogP contribution >= 0.6 is 0 Å². The molecule has 19 heavy (non-hydrogen) atoms. The third-order valence-corrected chi connectivity index (χ3v) is 4.57. The highest BCUT2D eigenvalue weighted by atomic mass is 16.5. The minimum Gasteiger partial charge on any atom is -0.493 e. The lowest BCUT2D eigenvalue weighted by Crippen LogP contribution is -2.39. The van der Waals surface area contributed by atoms with Gasteiger partial charge in [0.2, 0.25) is 0 Å². The summed E-state index contributed by atoms with van der Waals surface area (Å²) in [5.41, 5.74) is 7.15. The van der Waals surface area contributed by atoms with Gasteiger partial charge < -0.3 is 15.2 Å². The van der Waals surface area contributed by atoms with Crippen molar-refractivity contribution in [3.05, 3.63) is 29.8 Å². The normalized spacial score (nSPS) is 33.2. The maximum atomic E-state index is 6.25. The van der Waals surface area contributed by atoms with Crippen molar-refractivity contribution in [2.24, 2.45) is 11.7 Å². The average Bonchev–Trinajstić information content (AvgIpc) is 3.01. The molecule has 2 N–H and O–H groups in total. The lowest BCUT2D eigenvalue weighted by Gasteiger charge is -2.29. The van der Waals surface area contributed by atoms with Crippen molar-refractivity contribution in [2.45, 2.75) is 37.7 Å². The maximum Gasteiger partial charge on any atom is 0.123 e. The second-order valence-electron chi connectivity index (χ2n) is 6.09. The van der Waals surface area contributed by atoms with Crippen LogP contribution in [0.5, 0.6) is 5.75 Å². The fourth-order valence-electron chi connectivity index (χ4n) is 3.37. The van der Waals surface area contributed by atoms with E-state index in [2.05, 4.69) is 19.1 Å². The van der Waals surface area contributed by atoms with Crippen molar-refractivity contribution in [2.75, 3.05) is 19.8 Å². The molecule has 2 aliphatic rings. The van der Waals surface area contributed by atoms with Gasteiger partial charge in [-0.3, -0.25) is 0 Å². The van der Waals surface area contributed by atoms with E-state index < -0.39 is 0 Å². The van der Waals surface area contributed by atoms with Crippen LogP contribution in [0.2, 0.25) is 0 Å². The van der Waals surface area contributed by atoms with E-state index in [9.17, 15) is 0 Å². The van der Waals surface area contributed by atoms with Crippen molar-refractivity contribution < 1.29 is 9.47 Å². The highest BCUT2D eigenvalue weighted by molar-refractivity contribution is 5.39. The molecule has 0 aromatic heterocycles. The molecule has 0 radical (unpaired) electrons. The minimum absolute atomic E-state index is 0.0864. The largest absolute Gasteiger partial charge is 0.493 e. The lowest BCUT2D eigenvalue weighted by atomic mass is 9.99. The van der Waals surface area contributed by atoms with Crippen LogP contribution < -0.4 is 10.5 Å². The third-order valence-electron chi connectivity index (χ3n) is 4.57. The summed E-state index contributed by atoms with van der Waals surface area (Å²) < 4.78 is 11.9. The molecule has 1 saturated carbocycles. The van der Waals surface area contributed by atoms with Gasteiger partial charge in [-0.15, -0.1) is 0 Å². The predicted molar refractivity (Wildman–Crippen MR) is 75.4 cm³/mol. The van der Waals surface area contributed by atoms with Crippen molar-refractivity contribution >= 4 is 0 Å². The topological polar surface area (TPSA) is 44.5 Å². The quantitative estimate of drug-likeness (QED) is 0.906. The van der Waals surface area contributed by atoms with Gasteiger partial charge >= 0.3 is 0 Å². The summed E-state index contributed by atoms with van der Waals surface area (Å²) >= 11 is 0. The number of nitrogens with two attached hydrogens (primary N) is 1. The van der Waals surface area contributed by atoms with Gasteiger partial charge in [0, 0.05) is 18.0 Å². The van der Waals surface area contributed by atoms with Crippen LogP contribution in [0, 0.1) is 5.92 Å². The SMILES string of the molecule is CC1CCC(CN)(OCC2COc3ccccc32)C1. The fourth-order valence-corrected chi connectivity index (χ4v) is 3.37. The summed E-state index contributed by atoms with van der Waals surface area (Å²) in [7, 11) is 0. The zero-order valence-corrected chi connectivity index (χ0v) is 11.6. The molecule has 0 saturated heterocycles. The number of hydrogen-bond acceptors (Lipinski definition) is 3. The Kier molecular flexibility index (Phi) is 3.50. The zero-order chi connectivity index (χ0) is 13.3. The molecule has 3 heteroatoms. The Morgan fingerprint density at radius 1 is 1.42 bits per heavy atom. The molecule has 0 bridgehead atoms. The van der Waals surface area contributed by atoms with E-state index in [0.717, 1.165) is 37.7 Å². The summed E-state index contributed by atoms with van der Waals surface area (Å²) in [4.78, 5) is 0. The van der Waals surface area contributed by atoms with Crippen LogP contribution in [0.4, 0.5) is 0 Å². The summed E-state index contributed by atoms with van der Waals surface area (Å²) in [6.07, 6.45) is 3.42. The fraction of sp³-hybridized carbons (Fsp3) is 0.625. The number of hydrogen-bond donors (Lipinski definition) is 1. The van der Waals surface area contributed by atoms with Crippen LogP contribution in [-0.2, 0) is 4.74 Å². The van der Waals surface area contributed by atoms with Gasteiger partial charge in [-0.05, 0) is 31.2 Å². The molecule has 0 amide bonds. The molecule has 104 valence electrons. The van der Waals surface area contributed by atoms with Gasteiger partial charge in [0.05, 0.1) is 18.8 Å². The van der Waals surface area contributed by atoms with Crippen LogP contribution in [0.25, 0.3) is 0 Å². The Morgan fingerprint density at radius 3 is 3.00 bits per heavy atom. The third kappa shape index (κ3) is 2.49. The van der Waals surface area contributed by atoms with Crippen LogP contribution in [-0.4, -0.2) is 25.4 Å². The molecule has 1 aromatic carbocycles. The lowest BCUT2D eigenvalue weighted by molar-refractivity contribution is -0.0438. The Morgan fingerprint density at radius 2 is 2.26 bits per heavy atom. The smallest absolute Gasteiger partial charge is 0.123 e. The van der Waals surface area contributed by atoms with Gasteiger partial charge in [-0.1, -0.05) is 25.1 Å². The first kappa shape index (κ1) is 12.9. The molecule has 3 unspecified atom stereocenters. The molecule has 0 spiro atoms. The number of benzene rings is 1. The molecule has 1 fully saturated rings. The number of para-hydroxylation sites is 1. The number of fused-ring (bicyclic) bond motifs is 1. The predicted octanol–water partition coefficient (Wildman–Crippen LogP) is 2.70. The molecule has 3 nitrogen and oxygen atoms in total. The molecular formula is C16H23NO2. The van der Waals surface area contributed by atoms with Crippen LogP contribution in [0.3, 0.4) is 0 Å².